The van der Waals surface area contributed by atoms with Gasteiger partial charge in [-0.15, -0.1) is 0 Å². The Bertz CT molecular complexity index is 317. The predicted molar refractivity (Wildman–Crippen MR) is 50.2 cm³/mol. The second-order valence-corrected chi connectivity index (χ2v) is 4.11. The summed E-state index contributed by atoms with van der Waals surface area (Å²) in [6, 6.07) is 2.12. The van der Waals surface area contributed by atoms with Crippen LogP contribution in [-0.4, -0.2) is 28.7 Å². The van der Waals surface area contributed by atoms with E-state index in [0.29, 0.717) is 0 Å². The fourth-order valence-corrected chi connectivity index (χ4v) is 1.51. The summed E-state index contributed by atoms with van der Waals surface area (Å²) < 4.78 is 0. The third-order valence-corrected chi connectivity index (χ3v) is 2.90. The maximum absolute atomic E-state index is 11.4. The lowest BCUT2D eigenvalue weighted by Crippen LogP contribution is -2.50. The normalized spacial score (nSPS) is 21.2. The zero-order valence-electron chi connectivity index (χ0n) is 8.70. The maximum Gasteiger partial charge on any atom is 0.231 e. The highest BCUT2D eigenvalue weighted by molar-refractivity contribution is 6.05. The zero-order valence-corrected chi connectivity index (χ0v) is 8.70. The molecule has 1 heterocycles. The first-order chi connectivity index (χ1) is 6.41. The molecule has 0 bridgehead atoms. The molecule has 1 atom stereocenters. The Kier molecular flexibility index (Phi) is 2.61. The van der Waals surface area contributed by atoms with Crippen molar-refractivity contribution in [1.82, 2.24) is 4.90 Å². The Morgan fingerprint density at radius 3 is 2.36 bits per heavy atom. The number of rotatable bonds is 2. The zero-order chi connectivity index (χ0) is 10.9. The molecule has 0 aliphatic carbocycles. The van der Waals surface area contributed by atoms with Crippen molar-refractivity contribution in [3.63, 3.8) is 0 Å². The molecule has 0 aromatic rings. The molecule has 0 saturated carbocycles. The van der Waals surface area contributed by atoms with E-state index in [1.54, 1.807) is 6.92 Å². The molecular weight excluding hydrogens is 180 g/mol. The molecule has 1 rings (SSSR count). The number of hydrogen-bond donors (Lipinski definition) is 0. The number of nitrogens with zero attached hydrogens (tertiary/aromatic N) is 2. The van der Waals surface area contributed by atoms with E-state index in [-0.39, 0.29) is 30.6 Å². The SMILES string of the molecule is CC(C)C(C)(C#N)N1CC(=O)CC1=O. The van der Waals surface area contributed by atoms with Crippen molar-refractivity contribution in [3.8, 4) is 6.07 Å². The van der Waals surface area contributed by atoms with Crippen LogP contribution in [0.5, 0.6) is 0 Å². The van der Waals surface area contributed by atoms with E-state index >= 15 is 0 Å². The standard InChI is InChI=1S/C10H14N2O2/c1-7(2)10(3,6-11)12-5-8(13)4-9(12)14/h7H,4-5H2,1-3H3. The second kappa shape index (κ2) is 3.41. The summed E-state index contributed by atoms with van der Waals surface area (Å²) >= 11 is 0. The Hall–Kier alpha value is -1.37. The molecule has 0 N–H and O–H groups in total. The molecule has 4 nitrogen and oxygen atoms in total. The Labute approximate surface area is 83.5 Å². The van der Waals surface area contributed by atoms with Crippen molar-refractivity contribution in [2.45, 2.75) is 32.7 Å². The molecule has 0 aromatic heterocycles. The average molecular weight is 194 g/mol. The summed E-state index contributed by atoms with van der Waals surface area (Å²) in [5, 5.41) is 9.06. The smallest absolute Gasteiger partial charge is 0.231 e. The number of Topliss-reactive ketones (excluding diaryl/α,β-unsaturated/α-hetero) is 1. The number of amides is 1. The summed E-state index contributed by atoms with van der Waals surface area (Å²) in [6.45, 7) is 5.54. The summed E-state index contributed by atoms with van der Waals surface area (Å²) in [6.07, 6.45) is -0.0516. The number of nitriles is 1. The summed E-state index contributed by atoms with van der Waals surface area (Å²) in [7, 11) is 0. The van der Waals surface area contributed by atoms with Gasteiger partial charge in [-0.1, -0.05) is 13.8 Å². The number of carbonyl (C=O) groups is 2. The van der Waals surface area contributed by atoms with Crippen molar-refractivity contribution in [2.24, 2.45) is 5.92 Å². The lowest BCUT2D eigenvalue weighted by atomic mass is 9.88. The van der Waals surface area contributed by atoms with Gasteiger partial charge in [-0.25, -0.2) is 0 Å². The predicted octanol–water partition coefficient (Wildman–Crippen LogP) is 0.726. The van der Waals surface area contributed by atoms with Crippen molar-refractivity contribution >= 4 is 11.7 Å². The van der Waals surface area contributed by atoms with Crippen LogP contribution in [0.1, 0.15) is 27.2 Å². The van der Waals surface area contributed by atoms with Crippen molar-refractivity contribution < 1.29 is 9.59 Å². The minimum atomic E-state index is -0.858. The van der Waals surface area contributed by atoms with Crippen molar-refractivity contribution in [2.75, 3.05) is 6.54 Å². The Morgan fingerprint density at radius 1 is 1.50 bits per heavy atom. The molecule has 1 unspecified atom stereocenters. The Balaban J connectivity index is 2.98. The molecule has 0 aromatic carbocycles. The Morgan fingerprint density at radius 2 is 2.07 bits per heavy atom. The largest absolute Gasteiger partial charge is 0.316 e. The molecule has 1 aliphatic heterocycles. The van der Waals surface area contributed by atoms with Crippen LogP contribution in [0, 0.1) is 17.2 Å². The van der Waals surface area contributed by atoms with E-state index in [9.17, 15) is 9.59 Å². The third kappa shape index (κ3) is 1.50. The lowest BCUT2D eigenvalue weighted by molar-refractivity contribution is -0.132. The molecule has 1 aliphatic rings. The van der Waals surface area contributed by atoms with Gasteiger partial charge in [0.25, 0.3) is 0 Å². The summed E-state index contributed by atoms with van der Waals surface area (Å²) in [5.74, 6) is -0.313. The first-order valence-electron chi connectivity index (χ1n) is 4.65. The fourth-order valence-electron chi connectivity index (χ4n) is 1.51. The third-order valence-electron chi connectivity index (χ3n) is 2.90. The van der Waals surface area contributed by atoms with Crippen LogP contribution < -0.4 is 0 Å². The fraction of sp³-hybridized carbons (Fsp3) is 0.700. The summed E-state index contributed by atoms with van der Waals surface area (Å²) in [4.78, 5) is 23.9. The van der Waals surface area contributed by atoms with Gasteiger partial charge in [0, 0.05) is 0 Å². The van der Waals surface area contributed by atoms with E-state index in [1.807, 2.05) is 13.8 Å². The molecule has 14 heavy (non-hydrogen) atoms. The number of likely N-dealkylation sites (tertiary alicyclic amines) is 1. The maximum atomic E-state index is 11.4. The van der Waals surface area contributed by atoms with Crippen LogP contribution in [-0.2, 0) is 9.59 Å². The first kappa shape index (κ1) is 10.7. The molecule has 4 heteroatoms. The van der Waals surface area contributed by atoms with Gasteiger partial charge in [0.05, 0.1) is 19.0 Å². The first-order valence-corrected chi connectivity index (χ1v) is 4.65. The van der Waals surface area contributed by atoms with Gasteiger partial charge in [0.15, 0.2) is 5.78 Å². The molecule has 1 saturated heterocycles. The van der Waals surface area contributed by atoms with E-state index in [0.717, 1.165) is 0 Å². The minimum absolute atomic E-state index is 0.0161. The topological polar surface area (TPSA) is 61.2 Å². The molecule has 0 radical (unpaired) electrons. The highest BCUT2D eigenvalue weighted by atomic mass is 16.2. The number of ketones is 1. The van der Waals surface area contributed by atoms with Crippen LogP contribution in [0.15, 0.2) is 0 Å². The van der Waals surface area contributed by atoms with Gasteiger partial charge >= 0.3 is 0 Å². The average Bonchev–Trinajstić information content (AvgIpc) is 2.44. The molecule has 1 amide bonds. The van der Waals surface area contributed by atoms with E-state index < -0.39 is 5.54 Å². The van der Waals surface area contributed by atoms with Crippen LogP contribution >= 0.6 is 0 Å². The van der Waals surface area contributed by atoms with Gasteiger partial charge in [0.2, 0.25) is 5.91 Å². The van der Waals surface area contributed by atoms with Crippen LogP contribution in [0.2, 0.25) is 0 Å². The van der Waals surface area contributed by atoms with E-state index in [4.69, 9.17) is 5.26 Å². The number of carbonyl (C=O) groups excluding carboxylic acids is 2. The van der Waals surface area contributed by atoms with Crippen LogP contribution in [0.4, 0.5) is 0 Å². The van der Waals surface area contributed by atoms with Gasteiger partial charge in [-0.05, 0) is 12.8 Å². The summed E-state index contributed by atoms with van der Waals surface area (Å²) in [5.41, 5.74) is -0.858. The van der Waals surface area contributed by atoms with Crippen LogP contribution in [0.3, 0.4) is 0 Å². The highest BCUT2D eigenvalue weighted by Gasteiger charge is 2.43. The number of hydrogen-bond acceptors (Lipinski definition) is 3. The van der Waals surface area contributed by atoms with E-state index in [2.05, 4.69) is 6.07 Å². The lowest BCUT2D eigenvalue weighted by Gasteiger charge is -2.35. The molecule has 76 valence electrons. The van der Waals surface area contributed by atoms with Crippen molar-refractivity contribution in [1.29, 1.82) is 5.26 Å². The van der Waals surface area contributed by atoms with Gasteiger partial charge in [-0.3, -0.25) is 9.59 Å². The molecular formula is C10H14N2O2. The van der Waals surface area contributed by atoms with Gasteiger partial charge in [0.1, 0.15) is 5.54 Å². The van der Waals surface area contributed by atoms with Gasteiger partial charge in [-0.2, -0.15) is 5.26 Å². The molecule has 1 fully saturated rings. The second-order valence-electron chi connectivity index (χ2n) is 4.11. The monoisotopic (exact) mass is 194 g/mol. The van der Waals surface area contributed by atoms with Crippen molar-refractivity contribution in [3.05, 3.63) is 0 Å². The van der Waals surface area contributed by atoms with Crippen LogP contribution in [0.25, 0.3) is 0 Å². The van der Waals surface area contributed by atoms with Gasteiger partial charge < -0.3 is 4.90 Å². The van der Waals surface area contributed by atoms with E-state index in [1.165, 1.54) is 4.90 Å². The molecule has 0 spiro atoms. The minimum Gasteiger partial charge on any atom is -0.316 e. The quantitative estimate of drug-likeness (QED) is 0.609. The highest BCUT2D eigenvalue weighted by Crippen LogP contribution is 2.27.